The lowest BCUT2D eigenvalue weighted by atomic mass is 10.0. The number of esters is 1. The van der Waals surface area contributed by atoms with Crippen molar-refractivity contribution in [3.8, 4) is 0 Å². The van der Waals surface area contributed by atoms with Crippen molar-refractivity contribution in [2.45, 2.75) is 27.2 Å². The predicted molar refractivity (Wildman–Crippen MR) is 120 cm³/mol. The Morgan fingerprint density at radius 2 is 2.00 bits per heavy atom. The van der Waals surface area contributed by atoms with Gasteiger partial charge in [-0.25, -0.2) is 9.78 Å². The van der Waals surface area contributed by atoms with Gasteiger partial charge in [0, 0.05) is 32.4 Å². The molecular formula is C22H30N4O3S. The molecular weight excluding hydrogens is 400 g/mol. The fourth-order valence-corrected chi connectivity index (χ4v) is 4.53. The van der Waals surface area contributed by atoms with Gasteiger partial charge in [-0.2, -0.15) is 0 Å². The lowest BCUT2D eigenvalue weighted by Crippen LogP contribution is -2.48. The maximum atomic E-state index is 12.7. The topological polar surface area (TPSA) is 74.8 Å². The van der Waals surface area contributed by atoms with Crippen molar-refractivity contribution in [2.75, 3.05) is 49.5 Å². The Labute approximate surface area is 182 Å². The molecule has 1 N–H and O–H groups in total. The summed E-state index contributed by atoms with van der Waals surface area (Å²) in [6.45, 7) is 9.85. The zero-order valence-electron chi connectivity index (χ0n) is 17.9. The van der Waals surface area contributed by atoms with Gasteiger partial charge < -0.3 is 15.0 Å². The van der Waals surface area contributed by atoms with Gasteiger partial charge in [0.15, 0.2) is 0 Å². The number of piperazine rings is 1. The van der Waals surface area contributed by atoms with E-state index in [9.17, 15) is 9.59 Å². The maximum Gasteiger partial charge on any atom is 0.341 e. The summed E-state index contributed by atoms with van der Waals surface area (Å²) in [4.78, 5) is 33.9. The van der Waals surface area contributed by atoms with Crippen LogP contribution in [0.5, 0.6) is 0 Å². The smallest absolute Gasteiger partial charge is 0.341 e. The first-order valence-electron chi connectivity index (χ1n) is 10.4. The summed E-state index contributed by atoms with van der Waals surface area (Å²) >= 11 is 1.39. The number of pyridine rings is 1. The Balaban J connectivity index is 1.58. The molecule has 0 bridgehead atoms. The number of hydrogen-bond acceptors (Lipinski definition) is 7. The van der Waals surface area contributed by atoms with Gasteiger partial charge in [-0.3, -0.25) is 9.69 Å². The van der Waals surface area contributed by atoms with Crippen LogP contribution < -0.4 is 10.2 Å². The van der Waals surface area contributed by atoms with E-state index in [1.807, 2.05) is 23.6 Å². The summed E-state index contributed by atoms with van der Waals surface area (Å²) in [6.07, 6.45) is 2.57. The van der Waals surface area contributed by atoms with E-state index in [4.69, 9.17) is 4.74 Å². The molecule has 0 aliphatic carbocycles. The number of carbonyl (C=O) groups is 2. The third-order valence-corrected chi connectivity index (χ3v) is 5.88. The maximum absolute atomic E-state index is 12.7. The van der Waals surface area contributed by atoms with Crippen molar-refractivity contribution in [1.29, 1.82) is 0 Å². The highest BCUT2D eigenvalue weighted by atomic mass is 32.1. The number of amides is 1. The number of thiophene rings is 1. The van der Waals surface area contributed by atoms with Crippen molar-refractivity contribution >= 4 is 34.0 Å². The summed E-state index contributed by atoms with van der Waals surface area (Å²) in [5.41, 5.74) is 1.44. The lowest BCUT2D eigenvalue weighted by Gasteiger charge is -2.34. The van der Waals surface area contributed by atoms with E-state index >= 15 is 0 Å². The van der Waals surface area contributed by atoms with Gasteiger partial charge in [-0.05, 0) is 42.3 Å². The number of aromatic nitrogens is 1. The van der Waals surface area contributed by atoms with Crippen LogP contribution in [0.15, 0.2) is 29.8 Å². The quantitative estimate of drug-likeness (QED) is 0.648. The molecule has 3 rings (SSSR count). The summed E-state index contributed by atoms with van der Waals surface area (Å²) in [6, 6.07) is 5.90. The molecule has 0 unspecified atom stereocenters. The number of carbonyl (C=O) groups excluding carboxylic acids is 2. The van der Waals surface area contributed by atoms with Gasteiger partial charge in [0.05, 0.1) is 18.7 Å². The molecule has 1 aliphatic heterocycles. The van der Waals surface area contributed by atoms with Crippen molar-refractivity contribution in [2.24, 2.45) is 5.92 Å². The first kappa shape index (κ1) is 22.2. The molecule has 30 heavy (non-hydrogen) atoms. The highest BCUT2D eigenvalue weighted by Gasteiger charge is 2.24. The number of rotatable bonds is 8. The number of nitrogens with one attached hydrogen (secondary N) is 1. The van der Waals surface area contributed by atoms with Gasteiger partial charge >= 0.3 is 5.97 Å². The third-order valence-electron chi connectivity index (χ3n) is 4.94. The largest absolute Gasteiger partial charge is 0.462 e. The van der Waals surface area contributed by atoms with Gasteiger partial charge in [-0.1, -0.05) is 19.9 Å². The normalized spacial score (nSPS) is 14.7. The van der Waals surface area contributed by atoms with Crippen LogP contribution in [0, 0.1) is 5.92 Å². The van der Waals surface area contributed by atoms with Crippen LogP contribution in [-0.4, -0.2) is 61.1 Å². The van der Waals surface area contributed by atoms with E-state index in [2.05, 4.69) is 33.9 Å². The highest BCUT2D eigenvalue weighted by molar-refractivity contribution is 7.15. The second-order valence-corrected chi connectivity index (χ2v) is 8.66. The van der Waals surface area contributed by atoms with Gasteiger partial charge in [0.25, 0.3) is 0 Å². The standard InChI is InChI=1S/C22H30N4O3S/c1-4-29-22(28)20-17(13-16(2)3)15-30-21(20)24-19(27)14-25-9-11-26(12-10-25)18-7-5-6-8-23-18/h5-8,15-16H,4,9-14H2,1-3H3,(H,24,27). The minimum atomic E-state index is -0.367. The lowest BCUT2D eigenvalue weighted by molar-refractivity contribution is -0.117. The second kappa shape index (κ2) is 10.5. The Morgan fingerprint density at radius 3 is 2.63 bits per heavy atom. The van der Waals surface area contributed by atoms with Crippen LogP contribution in [0.1, 0.15) is 36.7 Å². The zero-order valence-corrected chi connectivity index (χ0v) is 18.7. The van der Waals surface area contributed by atoms with Crippen molar-refractivity contribution < 1.29 is 14.3 Å². The molecule has 2 aromatic rings. The Hall–Kier alpha value is -2.45. The molecule has 1 aliphatic rings. The minimum Gasteiger partial charge on any atom is -0.462 e. The molecule has 1 fully saturated rings. The molecule has 1 amide bonds. The van der Waals surface area contributed by atoms with Gasteiger partial charge in [-0.15, -0.1) is 11.3 Å². The molecule has 2 aromatic heterocycles. The Bertz CT molecular complexity index is 845. The molecule has 0 saturated carbocycles. The van der Waals surface area contributed by atoms with Crippen LogP contribution in [0.4, 0.5) is 10.8 Å². The molecule has 0 atom stereocenters. The second-order valence-electron chi connectivity index (χ2n) is 7.78. The molecule has 8 heteroatoms. The molecule has 162 valence electrons. The van der Waals surface area contributed by atoms with E-state index < -0.39 is 0 Å². The minimum absolute atomic E-state index is 0.107. The van der Waals surface area contributed by atoms with Crippen LogP contribution >= 0.6 is 11.3 Å². The summed E-state index contributed by atoms with van der Waals surface area (Å²) in [7, 11) is 0. The molecule has 7 nitrogen and oxygen atoms in total. The fraction of sp³-hybridized carbons (Fsp3) is 0.500. The van der Waals surface area contributed by atoms with E-state index in [-0.39, 0.29) is 11.9 Å². The predicted octanol–water partition coefficient (Wildman–Crippen LogP) is 3.28. The molecule has 3 heterocycles. The third kappa shape index (κ3) is 5.79. The van der Waals surface area contributed by atoms with E-state index in [1.165, 1.54) is 11.3 Å². The zero-order chi connectivity index (χ0) is 21.5. The van der Waals surface area contributed by atoms with Crippen molar-refractivity contribution in [3.63, 3.8) is 0 Å². The SMILES string of the molecule is CCOC(=O)c1c(CC(C)C)csc1NC(=O)CN1CCN(c2ccccn2)CC1. The van der Waals surface area contributed by atoms with Gasteiger partial charge in [0.1, 0.15) is 10.8 Å². The van der Waals surface area contributed by atoms with Gasteiger partial charge in [0.2, 0.25) is 5.91 Å². The van der Waals surface area contributed by atoms with E-state index in [0.717, 1.165) is 44.0 Å². The number of nitrogens with zero attached hydrogens (tertiary/aromatic N) is 3. The number of anilines is 2. The average Bonchev–Trinajstić information content (AvgIpc) is 3.10. The molecule has 0 aromatic carbocycles. The Morgan fingerprint density at radius 1 is 1.23 bits per heavy atom. The van der Waals surface area contributed by atoms with Crippen LogP contribution in [0.2, 0.25) is 0 Å². The summed E-state index contributed by atoms with van der Waals surface area (Å²) in [5.74, 6) is 0.905. The van der Waals surface area contributed by atoms with Crippen LogP contribution in [0.25, 0.3) is 0 Å². The molecule has 0 spiro atoms. The summed E-state index contributed by atoms with van der Waals surface area (Å²) in [5, 5.41) is 5.48. The van der Waals surface area contributed by atoms with E-state index in [0.29, 0.717) is 29.6 Å². The van der Waals surface area contributed by atoms with Crippen LogP contribution in [-0.2, 0) is 16.0 Å². The monoisotopic (exact) mass is 430 g/mol. The highest BCUT2D eigenvalue weighted by Crippen LogP contribution is 2.31. The number of hydrogen-bond donors (Lipinski definition) is 1. The van der Waals surface area contributed by atoms with Crippen LogP contribution in [0.3, 0.4) is 0 Å². The first-order chi connectivity index (χ1) is 14.5. The van der Waals surface area contributed by atoms with Crippen molar-refractivity contribution in [1.82, 2.24) is 9.88 Å². The van der Waals surface area contributed by atoms with Crippen molar-refractivity contribution in [3.05, 3.63) is 40.9 Å². The Kier molecular flexibility index (Phi) is 7.81. The number of ether oxygens (including phenoxy) is 1. The molecule has 1 saturated heterocycles. The fourth-order valence-electron chi connectivity index (χ4n) is 3.55. The first-order valence-corrected chi connectivity index (χ1v) is 11.3. The summed E-state index contributed by atoms with van der Waals surface area (Å²) < 4.78 is 5.23. The molecule has 0 radical (unpaired) electrons. The van der Waals surface area contributed by atoms with E-state index in [1.54, 1.807) is 13.1 Å². The average molecular weight is 431 g/mol.